The summed E-state index contributed by atoms with van der Waals surface area (Å²) >= 11 is 6.29. The van der Waals surface area contributed by atoms with Gasteiger partial charge in [0.15, 0.2) is 11.3 Å². The lowest BCUT2D eigenvalue weighted by Crippen LogP contribution is -1.99. The number of H-pyrrole nitrogens is 3. The summed E-state index contributed by atoms with van der Waals surface area (Å²) in [7, 11) is 0. The number of halogens is 2. The van der Waals surface area contributed by atoms with Crippen LogP contribution in [0.3, 0.4) is 0 Å². The molecule has 0 atom stereocenters. The normalized spacial score (nSPS) is 11.0. The highest BCUT2D eigenvalue weighted by atomic mass is 35.5. The summed E-state index contributed by atoms with van der Waals surface area (Å²) in [5.74, 6) is 0.364. The van der Waals surface area contributed by atoms with Gasteiger partial charge in [-0.3, -0.25) is 24.9 Å². The lowest BCUT2D eigenvalue weighted by molar-refractivity contribution is 0.628. The minimum absolute atomic E-state index is 0.281. The maximum atomic E-state index is 13.2. The number of hydrogen-bond donors (Lipinski definition) is 3. The second-order valence-electron chi connectivity index (χ2n) is 11.3. The van der Waals surface area contributed by atoms with Crippen molar-refractivity contribution in [1.29, 1.82) is 0 Å². The van der Waals surface area contributed by atoms with Crippen molar-refractivity contribution in [2.45, 2.75) is 0 Å². The first-order chi connectivity index (χ1) is 25.0. The number of benzene rings is 1. The maximum absolute atomic E-state index is 13.2. The zero-order valence-corrected chi connectivity index (χ0v) is 27.2. The van der Waals surface area contributed by atoms with E-state index in [4.69, 9.17) is 16.6 Å². The first kappa shape index (κ1) is 31.4. The third-order valence-corrected chi connectivity index (χ3v) is 8.32. The van der Waals surface area contributed by atoms with Crippen LogP contribution >= 0.6 is 11.6 Å². The molecule has 0 aliphatic carbocycles. The number of rotatable bonds is 5. The molecule has 8 heterocycles. The van der Waals surface area contributed by atoms with E-state index in [1.165, 1.54) is 12.1 Å². The molecule has 0 bridgehead atoms. The standard InChI is InChI=1S/C22H14FN5.C16H10ClN5O/c23-17-5-3-15(4-6-17)21-26-19-12-18(14-7-10-24-11-8-14)20(27-22(19)28-21)16-2-1-9-25-13-16;17-12-8-19-5-3-10(12)11-6-13-15(22-16(23)20-13)21-14(11)9-2-1-4-18-7-9/h1-13H,(H,26,27,28);1-8H,(H2,20,21,22,23). The van der Waals surface area contributed by atoms with Gasteiger partial charge in [-0.15, -0.1) is 0 Å². The third kappa shape index (κ3) is 6.46. The van der Waals surface area contributed by atoms with Gasteiger partial charge in [0, 0.05) is 83.0 Å². The molecule has 0 radical (unpaired) electrons. The molecule has 0 saturated carbocycles. The molecule has 9 rings (SSSR count). The number of fused-ring (bicyclic) bond motifs is 2. The Morgan fingerprint density at radius 1 is 0.549 bits per heavy atom. The molecule has 11 nitrogen and oxygen atoms in total. The van der Waals surface area contributed by atoms with Crippen molar-refractivity contribution in [3.05, 3.63) is 150 Å². The molecule has 13 heteroatoms. The average molecular weight is 691 g/mol. The smallest absolute Gasteiger partial charge is 0.325 e. The average Bonchev–Trinajstić information content (AvgIpc) is 3.77. The van der Waals surface area contributed by atoms with E-state index in [1.54, 1.807) is 61.7 Å². The van der Waals surface area contributed by atoms with Gasteiger partial charge in [0.25, 0.3) is 0 Å². The predicted octanol–water partition coefficient (Wildman–Crippen LogP) is 7.92. The molecule has 9 aromatic rings. The Morgan fingerprint density at radius 3 is 1.90 bits per heavy atom. The quantitative estimate of drug-likeness (QED) is 0.165. The summed E-state index contributed by atoms with van der Waals surface area (Å²) in [5.41, 5.74) is 9.77. The van der Waals surface area contributed by atoms with Crippen molar-refractivity contribution in [2.24, 2.45) is 0 Å². The molecular formula is C38H24ClFN10O. The van der Waals surface area contributed by atoms with Crippen molar-refractivity contribution in [1.82, 2.24) is 49.8 Å². The van der Waals surface area contributed by atoms with Crippen LogP contribution in [-0.2, 0) is 0 Å². The molecule has 246 valence electrons. The van der Waals surface area contributed by atoms with Gasteiger partial charge in [-0.2, -0.15) is 0 Å². The molecule has 0 saturated heterocycles. The molecule has 0 spiro atoms. The molecule has 0 amide bonds. The van der Waals surface area contributed by atoms with Crippen LogP contribution in [0.5, 0.6) is 0 Å². The van der Waals surface area contributed by atoms with Gasteiger partial charge in [-0.25, -0.2) is 24.1 Å². The van der Waals surface area contributed by atoms with E-state index in [2.05, 4.69) is 44.9 Å². The van der Waals surface area contributed by atoms with Crippen LogP contribution in [0.15, 0.2) is 133 Å². The maximum Gasteiger partial charge on any atom is 0.325 e. The topological polar surface area (TPSA) is 155 Å². The molecule has 0 aliphatic rings. The van der Waals surface area contributed by atoms with Gasteiger partial charge >= 0.3 is 5.69 Å². The predicted molar refractivity (Wildman–Crippen MR) is 194 cm³/mol. The van der Waals surface area contributed by atoms with Crippen LogP contribution in [0, 0.1) is 5.82 Å². The summed E-state index contributed by atoms with van der Waals surface area (Å²) in [4.78, 5) is 50.7. The summed E-state index contributed by atoms with van der Waals surface area (Å²) in [6.45, 7) is 0. The van der Waals surface area contributed by atoms with Gasteiger partial charge in [0.05, 0.1) is 27.4 Å². The van der Waals surface area contributed by atoms with Gasteiger partial charge in [0.2, 0.25) is 0 Å². The molecule has 0 unspecified atom stereocenters. The van der Waals surface area contributed by atoms with E-state index < -0.39 is 0 Å². The highest BCUT2D eigenvalue weighted by Crippen LogP contribution is 2.36. The molecule has 3 N–H and O–H groups in total. The van der Waals surface area contributed by atoms with Crippen LogP contribution < -0.4 is 5.69 Å². The lowest BCUT2D eigenvalue weighted by atomic mass is 10.0. The number of hydrogen-bond acceptors (Lipinski definition) is 8. The van der Waals surface area contributed by atoms with E-state index in [0.29, 0.717) is 33.4 Å². The number of pyridine rings is 6. The first-order valence-corrected chi connectivity index (χ1v) is 16.0. The van der Waals surface area contributed by atoms with Crippen molar-refractivity contribution < 1.29 is 4.39 Å². The fourth-order valence-corrected chi connectivity index (χ4v) is 5.87. The summed E-state index contributed by atoms with van der Waals surface area (Å²) in [5, 5.41) is 0.511. The minimum Gasteiger partial charge on any atom is -0.337 e. The zero-order valence-electron chi connectivity index (χ0n) is 26.4. The molecule has 1 aromatic carbocycles. The van der Waals surface area contributed by atoms with Gasteiger partial charge in [-0.05, 0) is 84.4 Å². The second-order valence-corrected chi connectivity index (χ2v) is 11.7. The fourth-order valence-electron chi connectivity index (χ4n) is 5.65. The van der Waals surface area contributed by atoms with E-state index in [9.17, 15) is 9.18 Å². The summed E-state index contributed by atoms with van der Waals surface area (Å²) in [6, 6.07) is 23.4. The Labute approximate surface area is 293 Å². The Bertz CT molecular complexity index is 2600. The Balaban J connectivity index is 0.000000150. The van der Waals surface area contributed by atoms with Crippen molar-refractivity contribution in [2.75, 3.05) is 0 Å². The third-order valence-electron chi connectivity index (χ3n) is 8.02. The highest BCUT2D eigenvalue weighted by molar-refractivity contribution is 6.33. The minimum atomic E-state index is -0.303. The van der Waals surface area contributed by atoms with E-state index in [1.807, 2.05) is 54.6 Å². The monoisotopic (exact) mass is 690 g/mol. The zero-order chi connectivity index (χ0) is 34.7. The summed E-state index contributed by atoms with van der Waals surface area (Å²) in [6.07, 6.45) is 13.7. The second kappa shape index (κ2) is 13.5. The van der Waals surface area contributed by atoms with Crippen LogP contribution in [0.1, 0.15) is 0 Å². The number of imidazole rings is 2. The summed E-state index contributed by atoms with van der Waals surface area (Å²) < 4.78 is 13.2. The van der Waals surface area contributed by atoms with Crippen LogP contribution in [0.4, 0.5) is 4.39 Å². The largest absolute Gasteiger partial charge is 0.337 e. The van der Waals surface area contributed by atoms with Crippen LogP contribution in [-0.4, -0.2) is 49.8 Å². The van der Waals surface area contributed by atoms with E-state index in [0.717, 1.165) is 50.2 Å². The van der Waals surface area contributed by atoms with E-state index in [-0.39, 0.29) is 11.5 Å². The molecule has 0 fully saturated rings. The number of nitrogens with zero attached hydrogens (tertiary/aromatic N) is 7. The Kier molecular flexibility index (Phi) is 8.32. The molecule has 0 aliphatic heterocycles. The van der Waals surface area contributed by atoms with Crippen LogP contribution in [0.25, 0.3) is 78.5 Å². The first-order valence-electron chi connectivity index (χ1n) is 15.6. The van der Waals surface area contributed by atoms with Crippen molar-refractivity contribution in [3.63, 3.8) is 0 Å². The van der Waals surface area contributed by atoms with Crippen molar-refractivity contribution in [3.8, 4) is 56.2 Å². The number of aromatic amines is 3. The molecule has 51 heavy (non-hydrogen) atoms. The Hall–Kier alpha value is -6.92. The highest BCUT2D eigenvalue weighted by Gasteiger charge is 2.17. The number of aromatic nitrogens is 10. The molecule has 8 aromatic heterocycles. The lowest BCUT2D eigenvalue weighted by Gasteiger charge is -2.10. The number of nitrogens with one attached hydrogen (secondary N) is 3. The van der Waals surface area contributed by atoms with Crippen LogP contribution in [0.2, 0.25) is 5.02 Å². The molecular weight excluding hydrogens is 667 g/mol. The van der Waals surface area contributed by atoms with Crippen molar-refractivity contribution >= 4 is 33.9 Å². The Morgan fingerprint density at radius 2 is 1.22 bits per heavy atom. The van der Waals surface area contributed by atoms with Gasteiger partial charge in [0.1, 0.15) is 11.6 Å². The van der Waals surface area contributed by atoms with E-state index >= 15 is 0 Å². The fraction of sp³-hybridized carbons (Fsp3) is 0. The van der Waals surface area contributed by atoms with Gasteiger partial charge < -0.3 is 9.97 Å². The van der Waals surface area contributed by atoms with Gasteiger partial charge in [-0.1, -0.05) is 11.6 Å². The SMILES string of the molecule is Fc1ccc(-c2nc3nc(-c4cccnc4)c(-c4ccncc4)cc3[nH]2)cc1.O=c1[nH]c2cc(-c3ccncc3Cl)c(-c3cccnc3)nc2[nH]1.